The van der Waals surface area contributed by atoms with Gasteiger partial charge in [-0.2, -0.15) is 0 Å². The van der Waals surface area contributed by atoms with Crippen molar-refractivity contribution in [1.29, 1.82) is 0 Å². The Bertz CT molecular complexity index is 518. The molecular weight excluding hydrogens is 308 g/mol. The van der Waals surface area contributed by atoms with E-state index in [2.05, 4.69) is 43.3 Å². The van der Waals surface area contributed by atoms with E-state index in [0.29, 0.717) is 12.0 Å². The Morgan fingerprint density at radius 2 is 1.76 bits per heavy atom. The van der Waals surface area contributed by atoms with E-state index >= 15 is 0 Å². The maximum atomic E-state index is 9.16. The molecular formula is C23H34O2. The molecule has 0 radical (unpaired) electrons. The number of rotatable bonds is 6. The molecule has 1 aliphatic carbocycles. The van der Waals surface area contributed by atoms with Gasteiger partial charge in [-0.3, -0.25) is 0 Å². The first-order valence-corrected chi connectivity index (χ1v) is 10.3. The number of benzene rings is 1. The van der Waals surface area contributed by atoms with Gasteiger partial charge < -0.3 is 9.84 Å². The van der Waals surface area contributed by atoms with Crippen molar-refractivity contribution in [3.63, 3.8) is 0 Å². The molecule has 2 unspecified atom stereocenters. The second kappa shape index (κ2) is 9.54. The van der Waals surface area contributed by atoms with Gasteiger partial charge in [0, 0.05) is 0 Å². The lowest BCUT2D eigenvalue weighted by atomic mass is 9.78. The van der Waals surface area contributed by atoms with Crippen molar-refractivity contribution in [2.45, 2.75) is 76.9 Å². The SMILES string of the molecule is CCCC1CCC(/C=C/C2CCC(c3ccc(CO)cc3)CC2)OC1. The van der Waals surface area contributed by atoms with Gasteiger partial charge in [0.15, 0.2) is 0 Å². The highest BCUT2D eigenvalue weighted by atomic mass is 16.5. The van der Waals surface area contributed by atoms with E-state index in [1.54, 1.807) is 0 Å². The zero-order valence-electron chi connectivity index (χ0n) is 15.7. The highest BCUT2D eigenvalue weighted by Gasteiger charge is 2.22. The fraction of sp³-hybridized carbons (Fsp3) is 0.652. The molecule has 1 saturated carbocycles. The molecule has 25 heavy (non-hydrogen) atoms. The zero-order chi connectivity index (χ0) is 17.5. The van der Waals surface area contributed by atoms with Crippen molar-refractivity contribution in [2.24, 2.45) is 11.8 Å². The molecule has 1 N–H and O–H groups in total. The lowest BCUT2D eigenvalue weighted by Crippen LogP contribution is -2.24. The third-order valence-corrected chi connectivity index (χ3v) is 6.11. The number of allylic oxidation sites excluding steroid dienone is 1. The number of hydrogen-bond donors (Lipinski definition) is 1. The predicted octanol–water partition coefficient (Wildman–Crippen LogP) is 5.60. The summed E-state index contributed by atoms with van der Waals surface area (Å²) in [5.41, 5.74) is 2.45. The predicted molar refractivity (Wildman–Crippen MR) is 104 cm³/mol. The van der Waals surface area contributed by atoms with Crippen molar-refractivity contribution in [3.8, 4) is 0 Å². The summed E-state index contributed by atoms with van der Waals surface area (Å²) < 4.78 is 6.04. The van der Waals surface area contributed by atoms with E-state index in [9.17, 15) is 0 Å². The van der Waals surface area contributed by atoms with Crippen LogP contribution >= 0.6 is 0 Å². The molecule has 0 aromatic heterocycles. The van der Waals surface area contributed by atoms with Gasteiger partial charge in [-0.25, -0.2) is 0 Å². The van der Waals surface area contributed by atoms with Crippen LogP contribution in [0.1, 0.15) is 75.3 Å². The molecule has 1 saturated heterocycles. The van der Waals surface area contributed by atoms with Crippen LogP contribution in [-0.2, 0) is 11.3 Å². The number of ether oxygens (including phenoxy) is 1. The Labute approximate surface area is 153 Å². The lowest BCUT2D eigenvalue weighted by molar-refractivity contribution is 0.00806. The summed E-state index contributed by atoms with van der Waals surface area (Å²) in [7, 11) is 0. The first kappa shape index (κ1) is 18.7. The van der Waals surface area contributed by atoms with E-state index < -0.39 is 0 Å². The van der Waals surface area contributed by atoms with E-state index in [0.717, 1.165) is 24.0 Å². The largest absolute Gasteiger partial charge is 0.392 e. The molecule has 2 aliphatic rings. The average molecular weight is 343 g/mol. The highest BCUT2D eigenvalue weighted by Crippen LogP contribution is 2.36. The van der Waals surface area contributed by atoms with Crippen LogP contribution in [0.25, 0.3) is 0 Å². The molecule has 2 atom stereocenters. The minimum absolute atomic E-state index is 0.139. The maximum absolute atomic E-state index is 9.16. The molecule has 0 bridgehead atoms. The molecule has 0 amide bonds. The second-order valence-corrected chi connectivity index (χ2v) is 8.00. The molecule has 1 aliphatic heterocycles. The van der Waals surface area contributed by atoms with Crippen molar-refractivity contribution >= 4 is 0 Å². The van der Waals surface area contributed by atoms with Crippen molar-refractivity contribution in [3.05, 3.63) is 47.5 Å². The van der Waals surface area contributed by atoms with Crippen LogP contribution in [0.4, 0.5) is 0 Å². The molecule has 138 valence electrons. The number of hydrogen-bond acceptors (Lipinski definition) is 2. The van der Waals surface area contributed by atoms with Crippen LogP contribution < -0.4 is 0 Å². The molecule has 0 spiro atoms. The third-order valence-electron chi connectivity index (χ3n) is 6.11. The second-order valence-electron chi connectivity index (χ2n) is 8.00. The minimum atomic E-state index is 0.139. The molecule has 2 fully saturated rings. The summed E-state index contributed by atoms with van der Waals surface area (Å²) >= 11 is 0. The molecule has 2 heteroatoms. The molecule has 1 heterocycles. The highest BCUT2D eigenvalue weighted by molar-refractivity contribution is 5.25. The minimum Gasteiger partial charge on any atom is -0.392 e. The molecule has 1 aromatic carbocycles. The fourth-order valence-corrected chi connectivity index (χ4v) is 4.44. The monoisotopic (exact) mass is 342 g/mol. The number of aliphatic hydroxyl groups is 1. The van der Waals surface area contributed by atoms with Gasteiger partial charge in [-0.05, 0) is 73.8 Å². The Kier molecular flexibility index (Phi) is 7.12. The first-order valence-electron chi connectivity index (χ1n) is 10.3. The van der Waals surface area contributed by atoms with Gasteiger partial charge in [-0.15, -0.1) is 0 Å². The summed E-state index contributed by atoms with van der Waals surface area (Å²) in [6, 6.07) is 8.53. The summed E-state index contributed by atoms with van der Waals surface area (Å²) in [5.74, 6) is 2.21. The van der Waals surface area contributed by atoms with E-state index in [-0.39, 0.29) is 6.61 Å². The van der Waals surface area contributed by atoms with Gasteiger partial charge in [0.1, 0.15) is 0 Å². The van der Waals surface area contributed by atoms with Crippen molar-refractivity contribution in [1.82, 2.24) is 0 Å². The van der Waals surface area contributed by atoms with Gasteiger partial charge in [-0.1, -0.05) is 49.8 Å². The fourth-order valence-electron chi connectivity index (χ4n) is 4.44. The quantitative estimate of drug-likeness (QED) is 0.681. The lowest BCUT2D eigenvalue weighted by Gasteiger charge is -2.29. The zero-order valence-corrected chi connectivity index (χ0v) is 15.7. The first-order chi connectivity index (χ1) is 12.3. The summed E-state index contributed by atoms with van der Waals surface area (Å²) in [6.07, 6.45) is 15.4. The molecule has 1 aromatic rings. The van der Waals surface area contributed by atoms with Gasteiger partial charge in [0.05, 0.1) is 19.3 Å². The number of aliphatic hydroxyl groups excluding tert-OH is 1. The normalized spacial score (nSPS) is 30.6. The van der Waals surface area contributed by atoms with Crippen LogP contribution in [0, 0.1) is 11.8 Å². The Hall–Kier alpha value is -1.12. The molecule has 3 rings (SSSR count). The topological polar surface area (TPSA) is 29.5 Å². The van der Waals surface area contributed by atoms with E-state index in [1.165, 1.54) is 56.9 Å². The Balaban J connectivity index is 1.41. The van der Waals surface area contributed by atoms with E-state index in [1.807, 2.05) is 0 Å². The molecule has 2 nitrogen and oxygen atoms in total. The van der Waals surface area contributed by atoms with Crippen LogP contribution in [0.15, 0.2) is 36.4 Å². The smallest absolute Gasteiger partial charge is 0.0756 e. The maximum Gasteiger partial charge on any atom is 0.0756 e. The van der Waals surface area contributed by atoms with Crippen LogP contribution in [0.2, 0.25) is 0 Å². The average Bonchev–Trinajstić information content (AvgIpc) is 2.68. The summed E-state index contributed by atoms with van der Waals surface area (Å²) in [4.78, 5) is 0. The summed E-state index contributed by atoms with van der Waals surface area (Å²) in [5, 5.41) is 9.16. The Morgan fingerprint density at radius 1 is 1.00 bits per heavy atom. The standard InChI is InChI=1S/C23H34O2/c1-2-3-20-9-15-23(25-17-20)14-8-18-4-10-21(11-5-18)22-12-6-19(16-24)7-13-22/h6-8,12-14,18,20-21,23-24H,2-5,9-11,15-17H2,1H3/b14-8+. The third kappa shape index (κ3) is 5.43. The van der Waals surface area contributed by atoms with Crippen molar-refractivity contribution < 1.29 is 9.84 Å². The van der Waals surface area contributed by atoms with Gasteiger partial charge in [0.2, 0.25) is 0 Å². The van der Waals surface area contributed by atoms with Crippen LogP contribution in [0.5, 0.6) is 0 Å². The van der Waals surface area contributed by atoms with Gasteiger partial charge in [0.25, 0.3) is 0 Å². The van der Waals surface area contributed by atoms with Crippen LogP contribution in [0.3, 0.4) is 0 Å². The van der Waals surface area contributed by atoms with Crippen LogP contribution in [-0.4, -0.2) is 17.8 Å². The van der Waals surface area contributed by atoms with Gasteiger partial charge >= 0.3 is 0 Å². The van der Waals surface area contributed by atoms with Crippen molar-refractivity contribution in [2.75, 3.05) is 6.61 Å². The Morgan fingerprint density at radius 3 is 2.36 bits per heavy atom. The summed E-state index contributed by atoms with van der Waals surface area (Å²) in [6.45, 7) is 3.36. The van der Waals surface area contributed by atoms with E-state index in [4.69, 9.17) is 9.84 Å².